The van der Waals surface area contributed by atoms with E-state index in [1.807, 2.05) is 6.92 Å². The van der Waals surface area contributed by atoms with E-state index in [4.69, 9.17) is 10.5 Å². The highest BCUT2D eigenvalue weighted by Gasteiger charge is 2.22. The van der Waals surface area contributed by atoms with E-state index in [1.165, 1.54) is 19.2 Å². The van der Waals surface area contributed by atoms with Crippen LogP contribution >= 0.6 is 0 Å². The number of carbonyl (C=O) groups excluding carboxylic acids is 1. The van der Waals surface area contributed by atoms with Crippen molar-refractivity contribution >= 4 is 21.6 Å². The number of para-hydroxylation sites is 1. The molecule has 0 saturated carbocycles. The number of hydrogen-bond acceptors (Lipinski definition) is 4. The van der Waals surface area contributed by atoms with Crippen molar-refractivity contribution < 1.29 is 17.9 Å². The molecule has 7 heteroatoms. The van der Waals surface area contributed by atoms with Crippen molar-refractivity contribution in [3.8, 4) is 5.75 Å². The maximum Gasteiger partial charge on any atom is 0.265 e. The van der Waals surface area contributed by atoms with Gasteiger partial charge in [0.1, 0.15) is 10.6 Å². The van der Waals surface area contributed by atoms with Crippen LogP contribution in [0.15, 0.2) is 47.4 Å². The van der Waals surface area contributed by atoms with Gasteiger partial charge >= 0.3 is 0 Å². The summed E-state index contributed by atoms with van der Waals surface area (Å²) < 4.78 is 32.9. The Bertz CT molecular complexity index is 832. The monoisotopic (exact) mass is 334 g/mol. The van der Waals surface area contributed by atoms with Gasteiger partial charge in [-0.25, -0.2) is 8.42 Å². The molecule has 0 heterocycles. The number of aryl methyl sites for hydroxylation is 1. The second-order valence-electron chi connectivity index (χ2n) is 4.85. The molecule has 0 bridgehead atoms. The lowest BCUT2D eigenvalue weighted by Gasteiger charge is -2.14. The molecule has 0 saturated heterocycles. The second kappa shape index (κ2) is 6.70. The minimum absolute atomic E-state index is 0.0126. The molecule has 2 aromatic rings. The number of rotatable bonds is 6. The molecule has 0 spiro atoms. The average Bonchev–Trinajstić information content (AvgIpc) is 2.54. The van der Waals surface area contributed by atoms with E-state index in [9.17, 15) is 13.2 Å². The Labute approximate surface area is 135 Å². The minimum Gasteiger partial charge on any atom is -0.495 e. The lowest BCUT2D eigenvalue weighted by Crippen LogP contribution is -2.19. The first-order valence-corrected chi connectivity index (χ1v) is 8.46. The largest absolute Gasteiger partial charge is 0.495 e. The summed E-state index contributed by atoms with van der Waals surface area (Å²) in [5.41, 5.74) is 6.36. The first-order chi connectivity index (χ1) is 10.9. The molecular weight excluding hydrogens is 316 g/mol. The van der Waals surface area contributed by atoms with Crippen molar-refractivity contribution in [2.45, 2.75) is 18.2 Å². The molecule has 23 heavy (non-hydrogen) atoms. The van der Waals surface area contributed by atoms with Crippen LogP contribution in [-0.2, 0) is 16.4 Å². The van der Waals surface area contributed by atoms with Crippen molar-refractivity contribution in [1.82, 2.24) is 0 Å². The van der Waals surface area contributed by atoms with Gasteiger partial charge in [-0.2, -0.15) is 0 Å². The Balaban J connectivity index is 2.50. The predicted molar refractivity (Wildman–Crippen MR) is 88.1 cm³/mol. The zero-order valence-electron chi connectivity index (χ0n) is 12.9. The Morgan fingerprint density at radius 3 is 2.52 bits per heavy atom. The second-order valence-corrected chi connectivity index (χ2v) is 6.50. The number of anilines is 1. The highest BCUT2D eigenvalue weighted by Crippen LogP contribution is 2.28. The van der Waals surface area contributed by atoms with E-state index >= 15 is 0 Å². The quantitative estimate of drug-likeness (QED) is 0.845. The normalized spacial score (nSPS) is 11.0. The molecule has 0 unspecified atom stereocenters. The fourth-order valence-corrected chi connectivity index (χ4v) is 3.44. The molecule has 2 aromatic carbocycles. The molecule has 2 rings (SSSR count). The number of primary amides is 1. The van der Waals surface area contributed by atoms with Crippen LogP contribution in [0, 0.1) is 0 Å². The van der Waals surface area contributed by atoms with Gasteiger partial charge in [0.2, 0.25) is 0 Å². The highest BCUT2D eigenvalue weighted by molar-refractivity contribution is 7.92. The van der Waals surface area contributed by atoms with Gasteiger partial charge in [-0.3, -0.25) is 9.52 Å². The predicted octanol–water partition coefficient (Wildman–Crippen LogP) is 2.16. The average molecular weight is 334 g/mol. The Kier molecular flexibility index (Phi) is 4.90. The molecule has 0 aliphatic heterocycles. The van der Waals surface area contributed by atoms with Gasteiger partial charge in [0, 0.05) is 0 Å². The number of nitrogens with two attached hydrogens (primary N) is 1. The van der Waals surface area contributed by atoms with Crippen molar-refractivity contribution in [3.05, 3.63) is 53.6 Å². The summed E-state index contributed by atoms with van der Waals surface area (Å²) in [6, 6.07) is 11.1. The molecule has 0 aromatic heterocycles. The van der Waals surface area contributed by atoms with E-state index in [0.717, 1.165) is 5.56 Å². The number of ether oxygens (including phenoxy) is 1. The summed E-state index contributed by atoms with van der Waals surface area (Å²) in [7, 11) is -2.53. The number of hydrogen-bond donors (Lipinski definition) is 2. The van der Waals surface area contributed by atoms with E-state index < -0.39 is 15.9 Å². The topological polar surface area (TPSA) is 98.5 Å². The fourth-order valence-electron chi connectivity index (χ4n) is 2.14. The molecule has 0 fully saturated rings. The van der Waals surface area contributed by atoms with Gasteiger partial charge < -0.3 is 10.5 Å². The zero-order chi connectivity index (χ0) is 17.0. The lowest BCUT2D eigenvalue weighted by atomic mass is 10.2. The molecule has 0 aliphatic carbocycles. The lowest BCUT2D eigenvalue weighted by molar-refractivity contribution is 0.100. The summed E-state index contributed by atoms with van der Waals surface area (Å²) in [6.45, 7) is 1.92. The van der Waals surface area contributed by atoms with E-state index in [0.29, 0.717) is 6.42 Å². The maximum absolute atomic E-state index is 12.7. The molecule has 0 aliphatic rings. The Morgan fingerprint density at radius 2 is 1.91 bits per heavy atom. The molecule has 0 radical (unpaired) electrons. The smallest absolute Gasteiger partial charge is 0.265 e. The van der Waals surface area contributed by atoms with E-state index in [1.54, 1.807) is 30.3 Å². The van der Waals surface area contributed by atoms with Crippen LogP contribution < -0.4 is 15.2 Å². The molecular formula is C16H18N2O4S. The van der Waals surface area contributed by atoms with Gasteiger partial charge in [-0.05, 0) is 36.2 Å². The molecule has 1 amide bonds. The third-order valence-electron chi connectivity index (χ3n) is 3.36. The van der Waals surface area contributed by atoms with Crippen LogP contribution in [0.4, 0.5) is 5.69 Å². The van der Waals surface area contributed by atoms with E-state index in [-0.39, 0.29) is 21.9 Å². The summed E-state index contributed by atoms with van der Waals surface area (Å²) in [6.07, 6.45) is 0.685. The SMILES string of the molecule is CCc1ccc(OC)c(S(=O)(=O)Nc2ccccc2C(N)=O)c1. The number of carbonyl (C=O) groups is 1. The van der Waals surface area contributed by atoms with Crippen molar-refractivity contribution in [2.75, 3.05) is 11.8 Å². The van der Waals surface area contributed by atoms with Crippen molar-refractivity contribution in [1.29, 1.82) is 0 Å². The standard InChI is InChI=1S/C16H18N2O4S/c1-3-11-8-9-14(22-2)15(10-11)23(20,21)18-13-7-5-4-6-12(13)16(17)19/h4-10,18H,3H2,1-2H3,(H2,17,19). The molecule has 6 nitrogen and oxygen atoms in total. The molecule has 3 N–H and O–H groups in total. The highest BCUT2D eigenvalue weighted by atomic mass is 32.2. The number of sulfonamides is 1. The summed E-state index contributed by atoms with van der Waals surface area (Å²) in [4.78, 5) is 11.4. The van der Waals surface area contributed by atoms with Crippen LogP contribution in [0.5, 0.6) is 5.75 Å². The summed E-state index contributed by atoms with van der Waals surface area (Å²) >= 11 is 0. The molecule has 0 atom stereocenters. The van der Waals surface area contributed by atoms with E-state index in [2.05, 4.69) is 4.72 Å². The van der Waals surface area contributed by atoms with Crippen molar-refractivity contribution in [3.63, 3.8) is 0 Å². The van der Waals surface area contributed by atoms with Gasteiger partial charge in [0.25, 0.3) is 15.9 Å². The Morgan fingerprint density at radius 1 is 1.22 bits per heavy atom. The summed E-state index contributed by atoms with van der Waals surface area (Å²) in [5, 5.41) is 0. The van der Waals surface area contributed by atoms with Gasteiger partial charge in [-0.1, -0.05) is 25.1 Å². The van der Waals surface area contributed by atoms with Crippen LogP contribution in [0.1, 0.15) is 22.8 Å². The van der Waals surface area contributed by atoms with Gasteiger partial charge in [0.15, 0.2) is 0 Å². The third-order valence-corrected chi connectivity index (χ3v) is 4.75. The fraction of sp³-hybridized carbons (Fsp3) is 0.188. The summed E-state index contributed by atoms with van der Waals surface area (Å²) in [5.74, 6) is -0.483. The molecule has 122 valence electrons. The third kappa shape index (κ3) is 3.62. The minimum atomic E-state index is -3.93. The van der Waals surface area contributed by atoms with Gasteiger partial charge in [0.05, 0.1) is 18.4 Å². The first-order valence-electron chi connectivity index (χ1n) is 6.97. The van der Waals surface area contributed by atoms with Crippen LogP contribution in [-0.4, -0.2) is 21.4 Å². The van der Waals surface area contributed by atoms with Gasteiger partial charge in [-0.15, -0.1) is 0 Å². The first kappa shape index (κ1) is 16.8. The zero-order valence-corrected chi connectivity index (χ0v) is 13.7. The number of nitrogens with one attached hydrogen (secondary N) is 1. The van der Waals surface area contributed by atoms with Crippen LogP contribution in [0.25, 0.3) is 0 Å². The van der Waals surface area contributed by atoms with Crippen LogP contribution in [0.2, 0.25) is 0 Å². The number of methoxy groups -OCH3 is 1. The van der Waals surface area contributed by atoms with Crippen LogP contribution in [0.3, 0.4) is 0 Å². The Hall–Kier alpha value is -2.54. The maximum atomic E-state index is 12.7. The number of amides is 1. The number of benzene rings is 2. The van der Waals surface area contributed by atoms with Crippen molar-refractivity contribution in [2.24, 2.45) is 5.73 Å².